The summed E-state index contributed by atoms with van der Waals surface area (Å²) in [5.41, 5.74) is 8.53. The number of fused-ring (bicyclic) bond motifs is 3. The lowest BCUT2D eigenvalue weighted by Crippen LogP contribution is -2.52. The number of nitrogen functional groups attached to an aromatic ring is 1. The van der Waals surface area contributed by atoms with Gasteiger partial charge >= 0.3 is 17.9 Å². The molecule has 3 aliphatic heterocycles. The number of hydrogen-bond donors (Lipinski definition) is 3. The SMILES string of the molecule is Nc1cccc(-c2cnc(O[C@@H]3CN4CCC3CC4)nc2)c1.O=C(O)C=CC(=O)O. The number of piperidine rings is 3. The van der Waals surface area contributed by atoms with Crippen molar-refractivity contribution in [2.45, 2.75) is 18.9 Å². The summed E-state index contributed by atoms with van der Waals surface area (Å²) in [7, 11) is 0. The van der Waals surface area contributed by atoms with Crippen molar-refractivity contribution >= 4 is 17.6 Å². The van der Waals surface area contributed by atoms with E-state index in [4.69, 9.17) is 20.7 Å². The number of nitrogens with two attached hydrogens (primary N) is 1. The van der Waals surface area contributed by atoms with Crippen molar-refractivity contribution in [1.29, 1.82) is 0 Å². The highest BCUT2D eigenvalue weighted by molar-refractivity contribution is 5.89. The summed E-state index contributed by atoms with van der Waals surface area (Å²) in [6.07, 6.45) is 7.42. The zero-order chi connectivity index (χ0) is 21.5. The third kappa shape index (κ3) is 6.02. The summed E-state index contributed by atoms with van der Waals surface area (Å²) >= 11 is 0. The van der Waals surface area contributed by atoms with Gasteiger partial charge in [-0.15, -0.1) is 0 Å². The van der Waals surface area contributed by atoms with E-state index in [1.807, 2.05) is 24.3 Å². The van der Waals surface area contributed by atoms with Crippen LogP contribution < -0.4 is 10.5 Å². The first-order valence-electron chi connectivity index (χ1n) is 9.61. The normalized spacial score (nSPS) is 22.2. The van der Waals surface area contributed by atoms with Crippen LogP contribution in [0.3, 0.4) is 0 Å². The Morgan fingerprint density at radius 1 is 1.07 bits per heavy atom. The zero-order valence-electron chi connectivity index (χ0n) is 16.3. The summed E-state index contributed by atoms with van der Waals surface area (Å²) in [6, 6.07) is 8.21. The maximum absolute atomic E-state index is 9.55. The van der Waals surface area contributed by atoms with Crippen LogP contribution in [0.5, 0.6) is 6.01 Å². The molecule has 4 heterocycles. The second-order valence-electron chi connectivity index (χ2n) is 7.18. The van der Waals surface area contributed by atoms with Gasteiger partial charge in [-0.25, -0.2) is 19.6 Å². The molecule has 0 aliphatic carbocycles. The summed E-state index contributed by atoms with van der Waals surface area (Å²) in [5, 5.41) is 15.6. The van der Waals surface area contributed by atoms with Crippen molar-refractivity contribution in [3.63, 3.8) is 0 Å². The highest BCUT2D eigenvalue weighted by Crippen LogP contribution is 2.30. The van der Waals surface area contributed by atoms with E-state index in [0.29, 0.717) is 24.1 Å². The lowest BCUT2D eigenvalue weighted by Gasteiger charge is -2.43. The predicted octanol–water partition coefficient (Wildman–Crippen LogP) is 1.91. The van der Waals surface area contributed by atoms with Crippen LogP contribution in [0.15, 0.2) is 48.8 Å². The largest absolute Gasteiger partial charge is 0.478 e. The molecule has 158 valence electrons. The molecule has 1 atom stereocenters. The number of anilines is 1. The molecule has 9 nitrogen and oxygen atoms in total. The molecule has 0 saturated carbocycles. The van der Waals surface area contributed by atoms with Crippen molar-refractivity contribution in [3.8, 4) is 17.1 Å². The molecule has 1 aromatic carbocycles. The smallest absolute Gasteiger partial charge is 0.328 e. The Morgan fingerprint density at radius 3 is 2.20 bits per heavy atom. The number of ether oxygens (including phenoxy) is 1. The first-order chi connectivity index (χ1) is 14.4. The quantitative estimate of drug-likeness (QED) is 0.496. The van der Waals surface area contributed by atoms with E-state index in [1.165, 1.54) is 25.9 Å². The molecule has 1 aromatic heterocycles. The molecule has 2 aromatic rings. The Kier molecular flexibility index (Phi) is 6.97. The molecule has 2 bridgehead atoms. The van der Waals surface area contributed by atoms with Crippen molar-refractivity contribution in [2.75, 3.05) is 25.4 Å². The van der Waals surface area contributed by atoms with Gasteiger partial charge < -0.3 is 20.7 Å². The summed E-state index contributed by atoms with van der Waals surface area (Å²) in [5.74, 6) is -1.86. The van der Waals surface area contributed by atoms with Gasteiger partial charge in [0.25, 0.3) is 0 Å². The number of hydrogen-bond acceptors (Lipinski definition) is 7. The second-order valence-corrected chi connectivity index (χ2v) is 7.18. The van der Waals surface area contributed by atoms with Crippen LogP contribution in [0.25, 0.3) is 11.1 Å². The van der Waals surface area contributed by atoms with Crippen LogP contribution in [0.4, 0.5) is 5.69 Å². The van der Waals surface area contributed by atoms with Gasteiger partial charge in [0.2, 0.25) is 0 Å². The molecule has 0 spiro atoms. The maximum Gasteiger partial charge on any atom is 0.328 e. The van der Waals surface area contributed by atoms with Crippen LogP contribution in [-0.4, -0.2) is 62.8 Å². The van der Waals surface area contributed by atoms with Gasteiger partial charge in [-0.3, -0.25) is 4.90 Å². The Hall–Kier alpha value is -3.46. The van der Waals surface area contributed by atoms with Gasteiger partial charge in [-0.05, 0) is 49.5 Å². The minimum atomic E-state index is -1.26. The van der Waals surface area contributed by atoms with Gasteiger partial charge in [0.05, 0.1) is 0 Å². The van der Waals surface area contributed by atoms with Crippen molar-refractivity contribution in [3.05, 3.63) is 48.8 Å². The Labute approximate surface area is 173 Å². The highest BCUT2D eigenvalue weighted by atomic mass is 16.5. The molecule has 3 aliphatic rings. The fraction of sp³-hybridized carbons (Fsp3) is 0.333. The molecular formula is C21H24N4O5. The third-order valence-electron chi connectivity index (χ3n) is 5.07. The first kappa shape index (κ1) is 21.3. The van der Waals surface area contributed by atoms with Crippen LogP contribution in [0.2, 0.25) is 0 Å². The van der Waals surface area contributed by atoms with E-state index in [1.54, 1.807) is 12.4 Å². The van der Waals surface area contributed by atoms with E-state index in [0.717, 1.165) is 23.4 Å². The van der Waals surface area contributed by atoms with Crippen molar-refractivity contribution < 1.29 is 24.5 Å². The zero-order valence-corrected chi connectivity index (χ0v) is 16.3. The van der Waals surface area contributed by atoms with E-state index in [9.17, 15) is 9.59 Å². The van der Waals surface area contributed by atoms with Gasteiger partial charge in [-0.1, -0.05) is 12.1 Å². The number of nitrogens with zero attached hydrogens (tertiary/aromatic N) is 3. The average Bonchev–Trinajstić information content (AvgIpc) is 2.74. The lowest BCUT2D eigenvalue weighted by molar-refractivity contribution is -0.134. The van der Waals surface area contributed by atoms with E-state index in [2.05, 4.69) is 14.9 Å². The molecule has 3 saturated heterocycles. The maximum atomic E-state index is 9.55. The Morgan fingerprint density at radius 2 is 1.70 bits per heavy atom. The number of aliphatic carboxylic acids is 2. The fourth-order valence-corrected chi connectivity index (χ4v) is 3.57. The van der Waals surface area contributed by atoms with Crippen LogP contribution >= 0.6 is 0 Å². The first-order valence-corrected chi connectivity index (χ1v) is 9.61. The standard InChI is InChI=1S/C17H20N4O.C4H4O4/c18-15-3-1-2-13(8-15)14-9-19-17(20-10-14)22-16-11-21-6-4-12(16)5-7-21;5-3(6)1-2-4(7)8/h1-3,8-10,12,16H,4-7,11,18H2;1-2H,(H,5,6)(H,7,8)/t16-;/m1./s1. The summed E-state index contributed by atoms with van der Waals surface area (Å²) < 4.78 is 6.02. The molecule has 30 heavy (non-hydrogen) atoms. The molecule has 0 amide bonds. The predicted molar refractivity (Wildman–Crippen MR) is 110 cm³/mol. The molecule has 0 unspecified atom stereocenters. The lowest BCUT2D eigenvalue weighted by atomic mass is 9.86. The number of benzene rings is 1. The minimum Gasteiger partial charge on any atom is -0.478 e. The number of carboxylic acids is 2. The molecule has 0 radical (unpaired) electrons. The number of carbonyl (C=O) groups is 2. The van der Waals surface area contributed by atoms with Gasteiger partial charge in [0.1, 0.15) is 6.10 Å². The van der Waals surface area contributed by atoms with Crippen molar-refractivity contribution in [1.82, 2.24) is 14.9 Å². The monoisotopic (exact) mass is 412 g/mol. The third-order valence-corrected chi connectivity index (χ3v) is 5.07. The topological polar surface area (TPSA) is 139 Å². The van der Waals surface area contributed by atoms with E-state index >= 15 is 0 Å². The molecule has 3 fully saturated rings. The van der Waals surface area contributed by atoms with E-state index < -0.39 is 11.9 Å². The highest BCUT2D eigenvalue weighted by Gasteiger charge is 2.35. The molecule has 4 N–H and O–H groups in total. The van der Waals surface area contributed by atoms with E-state index in [-0.39, 0.29) is 6.10 Å². The van der Waals surface area contributed by atoms with Crippen LogP contribution in [0.1, 0.15) is 12.8 Å². The second kappa shape index (κ2) is 9.84. The summed E-state index contributed by atoms with van der Waals surface area (Å²) in [4.78, 5) is 30.3. The van der Waals surface area contributed by atoms with Crippen LogP contribution in [0, 0.1) is 5.92 Å². The number of aromatic nitrogens is 2. The molecular weight excluding hydrogens is 388 g/mol. The van der Waals surface area contributed by atoms with Crippen LogP contribution in [-0.2, 0) is 9.59 Å². The van der Waals surface area contributed by atoms with Gasteiger partial charge in [0.15, 0.2) is 0 Å². The minimum absolute atomic E-state index is 0.237. The molecule has 9 heteroatoms. The van der Waals surface area contributed by atoms with Crippen molar-refractivity contribution in [2.24, 2.45) is 5.92 Å². The fourth-order valence-electron chi connectivity index (χ4n) is 3.57. The Balaban J connectivity index is 0.000000275. The van der Waals surface area contributed by atoms with Gasteiger partial charge in [0, 0.05) is 42.3 Å². The molecule has 5 rings (SSSR count). The van der Waals surface area contributed by atoms with Gasteiger partial charge in [-0.2, -0.15) is 0 Å². The summed E-state index contributed by atoms with van der Waals surface area (Å²) in [6.45, 7) is 3.42. The number of rotatable bonds is 5. The number of carboxylic acid groups (broad SMARTS) is 2. The Bertz CT molecular complexity index is 892. The average molecular weight is 412 g/mol.